The number of methoxy groups -OCH3 is 1. The molecule has 0 saturated carbocycles. The molecule has 3 rings (SSSR count). The van der Waals surface area contributed by atoms with Gasteiger partial charge in [-0.15, -0.1) is 11.8 Å². The molecule has 1 amide bonds. The Bertz CT molecular complexity index is 1020. The van der Waals surface area contributed by atoms with E-state index in [1.54, 1.807) is 35.9 Å². The fraction of sp³-hybridized carbons (Fsp3) is 0.364. The van der Waals surface area contributed by atoms with Crippen LogP contribution in [0.3, 0.4) is 0 Å². The summed E-state index contributed by atoms with van der Waals surface area (Å²) in [5.74, 6) is 1.51. The van der Waals surface area contributed by atoms with Gasteiger partial charge in [0.05, 0.1) is 22.4 Å². The Morgan fingerprint density at radius 2 is 1.97 bits per heavy atom. The van der Waals surface area contributed by atoms with Gasteiger partial charge in [0.1, 0.15) is 11.3 Å². The summed E-state index contributed by atoms with van der Waals surface area (Å²) in [7, 11) is 5.67. The van der Waals surface area contributed by atoms with Crippen molar-refractivity contribution in [1.82, 2.24) is 9.88 Å². The number of carbonyl (C=O) groups is 1. The van der Waals surface area contributed by atoms with Gasteiger partial charge in [-0.3, -0.25) is 9.69 Å². The molecule has 5 nitrogen and oxygen atoms in total. The van der Waals surface area contributed by atoms with Gasteiger partial charge < -0.3 is 9.64 Å². The first kappa shape index (κ1) is 22.9. The lowest BCUT2D eigenvalue weighted by Gasteiger charge is -2.22. The van der Waals surface area contributed by atoms with Gasteiger partial charge in [0.2, 0.25) is 0 Å². The van der Waals surface area contributed by atoms with Crippen molar-refractivity contribution in [3.05, 3.63) is 47.0 Å². The molecular weight excluding hydrogens is 438 g/mol. The highest BCUT2D eigenvalue weighted by atomic mass is 35.5. The largest absolute Gasteiger partial charge is 0.494 e. The predicted molar refractivity (Wildman–Crippen MR) is 129 cm³/mol. The van der Waals surface area contributed by atoms with Gasteiger partial charge in [-0.05, 0) is 57.1 Å². The average Bonchev–Trinajstić information content (AvgIpc) is 3.17. The summed E-state index contributed by atoms with van der Waals surface area (Å²) in [6.07, 6.45) is 0.836. The first-order valence-corrected chi connectivity index (χ1v) is 12.0. The van der Waals surface area contributed by atoms with Crippen molar-refractivity contribution in [2.75, 3.05) is 44.9 Å². The maximum Gasteiger partial charge on any atom is 0.261 e. The summed E-state index contributed by atoms with van der Waals surface area (Å²) in [4.78, 5) is 23.3. The Labute approximate surface area is 191 Å². The predicted octanol–water partition coefficient (Wildman–Crippen LogP) is 5.67. The molecule has 160 valence electrons. The van der Waals surface area contributed by atoms with Crippen molar-refractivity contribution >= 4 is 56.0 Å². The van der Waals surface area contributed by atoms with Crippen LogP contribution in [0.2, 0.25) is 5.02 Å². The lowest BCUT2D eigenvalue weighted by Crippen LogP contribution is -2.33. The highest BCUT2D eigenvalue weighted by Gasteiger charge is 2.24. The van der Waals surface area contributed by atoms with Crippen molar-refractivity contribution in [3.8, 4) is 5.75 Å². The normalized spacial score (nSPS) is 11.3. The van der Waals surface area contributed by atoms with Crippen molar-refractivity contribution in [2.45, 2.75) is 18.2 Å². The van der Waals surface area contributed by atoms with E-state index < -0.39 is 0 Å². The van der Waals surface area contributed by atoms with E-state index in [-0.39, 0.29) is 5.91 Å². The second kappa shape index (κ2) is 10.5. The highest BCUT2D eigenvalue weighted by Crippen LogP contribution is 2.39. The van der Waals surface area contributed by atoms with Crippen LogP contribution in [-0.2, 0) is 0 Å². The number of benzene rings is 2. The zero-order valence-corrected chi connectivity index (χ0v) is 20.0. The Hall–Kier alpha value is -1.80. The van der Waals surface area contributed by atoms with Crippen LogP contribution in [0, 0.1) is 0 Å². The van der Waals surface area contributed by atoms with Gasteiger partial charge in [0.25, 0.3) is 5.91 Å². The minimum Gasteiger partial charge on any atom is -0.494 e. The van der Waals surface area contributed by atoms with E-state index >= 15 is 0 Å². The molecule has 0 atom stereocenters. The molecule has 0 fully saturated rings. The average molecular weight is 464 g/mol. The number of ether oxygens (including phenoxy) is 1. The Kier molecular flexibility index (Phi) is 7.99. The maximum absolute atomic E-state index is 13.6. The van der Waals surface area contributed by atoms with Crippen LogP contribution in [0.4, 0.5) is 5.13 Å². The van der Waals surface area contributed by atoms with Crippen molar-refractivity contribution < 1.29 is 9.53 Å². The summed E-state index contributed by atoms with van der Waals surface area (Å²) >= 11 is 9.51. The zero-order chi connectivity index (χ0) is 21.7. The summed E-state index contributed by atoms with van der Waals surface area (Å²) < 4.78 is 6.28. The molecule has 1 aromatic heterocycles. The fourth-order valence-corrected chi connectivity index (χ4v) is 5.20. The van der Waals surface area contributed by atoms with Crippen LogP contribution in [0.1, 0.15) is 23.7 Å². The molecule has 2 aromatic carbocycles. The molecule has 0 aliphatic rings. The van der Waals surface area contributed by atoms with E-state index in [0.717, 1.165) is 28.3 Å². The van der Waals surface area contributed by atoms with Crippen molar-refractivity contribution in [3.63, 3.8) is 0 Å². The summed E-state index contributed by atoms with van der Waals surface area (Å²) in [5.41, 5.74) is 1.39. The van der Waals surface area contributed by atoms with Gasteiger partial charge in [-0.1, -0.05) is 42.0 Å². The lowest BCUT2D eigenvalue weighted by atomic mass is 10.2. The molecule has 0 saturated heterocycles. The molecule has 0 N–H and O–H groups in total. The fourth-order valence-electron chi connectivity index (χ4n) is 3.12. The van der Waals surface area contributed by atoms with E-state index in [1.807, 2.05) is 38.4 Å². The number of rotatable bonds is 9. The van der Waals surface area contributed by atoms with E-state index in [0.29, 0.717) is 33.5 Å². The van der Waals surface area contributed by atoms with Crippen molar-refractivity contribution in [1.29, 1.82) is 0 Å². The van der Waals surface area contributed by atoms with E-state index in [4.69, 9.17) is 21.3 Å². The first-order chi connectivity index (χ1) is 14.5. The Morgan fingerprint density at radius 3 is 2.67 bits per heavy atom. The quantitative estimate of drug-likeness (QED) is 0.382. The standard InChI is InChI=1S/C22H26ClN3O2S2/c1-5-29-18-10-7-6-9-15(18)21(27)26(14-8-13-25(2)3)22-24-19-17(28-4)12-11-16(23)20(19)30-22/h6-7,9-12H,5,8,13-14H2,1-4H3. The molecule has 30 heavy (non-hydrogen) atoms. The molecule has 0 aliphatic carbocycles. The minimum atomic E-state index is -0.0422. The Balaban J connectivity index is 2.04. The molecule has 8 heteroatoms. The van der Waals surface area contributed by atoms with E-state index in [1.165, 1.54) is 11.3 Å². The summed E-state index contributed by atoms with van der Waals surface area (Å²) in [5, 5.41) is 1.24. The zero-order valence-electron chi connectivity index (χ0n) is 17.6. The Morgan fingerprint density at radius 1 is 1.20 bits per heavy atom. The molecular formula is C22H26ClN3O2S2. The third-order valence-corrected chi connectivity index (χ3v) is 7.04. The van der Waals surface area contributed by atoms with Crippen LogP contribution < -0.4 is 9.64 Å². The van der Waals surface area contributed by atoms with Gasteiger partial charge in [0, 0.05) is 11.4 Å². The molecule has 3 aromatic rings. The molecule has 0 radical (unpaired) electrons. The van der Waals surface area contributed by atoms with Gasteiger partial charge in [-0.25, -0.2) is 4.98 Å². The number of hydrogen-bond donors (Lipinski definition) is 0. The molecule has 0 unspecified atom stereocenters. The number of nitrogens with zero attached hydrogens (tertiary/aromatic N) is 3. The summed E-state index contributed by atoms with van der Waals surface area (Å²) in [6, 6.07) is 11.4. The van der Waals surface area contributed by atoms with E-state index in [2.05, 4.69) is 11.8 Å². The second-order valence-corrected chi connectivity index (χ2v) is 9.66. The number of fused-ring (bicyclic) bond motifs is 1. The monoisotopic (exact) mass is 463 g/mol. The minimum absolute atomic E-state index is 0.0422. The van der Waals surface area contributed by atoms with Crippen LogP contribution in [-0.4, -0.2) is 55.8 Å². The topological polar surface area (TPSA) is 45.7 Å². The molecule has 0 aliphatic heterocycles. The third-order valence-electron chi connectivity index (χ3n) is 4.55. The van der Waals surface area contributed by atoms with Gasteiger partial charge in [-0.2, -0.15) is 0 Å². The van der Waals surface area contributed by atoms with Crippen LogP contribution >= 0.6 is 34.7 Å². The third kappa shape index (κ3) is 5.09. The molecule has 0 spiro atoms. The number of aromatic nitrogens is 1. The number of halogens is 1. The SMILES string of the molecule is CCSc1ccccc1C(=O)N(CCCN(C)C)c1nc2c(OC)ccc(Cl)c2s1. The number of thioether (sulfide) groups is 1. The van der Waals surface area contributed by atoms with Crippen LogP contribution in [0.5, 0.6) is 5.75 Å². The maximum atomic E-state index is 13.6. The smallest absolute Gasteiger partial charge is 0.261 e. The second-order valence-electron chi connectivity index (χ2n) is 6.97. The van der Waals surface area contributed by atoms with Crippen LogP contribution in [0.15, 0.2) is 41.3 Å². The number of carbonyl (C=O) groups excluding carboxylic acids is 1. The summed E-state index contributed by atoms with van der Waals surface area (Å²) in [6.45, 7) is 3.54. The number of thiazole rings is 1. The highest BCUT2D eigenvalue weighted by molar-refractivity contribution is 7.99. The number of hydrogen-bond acceptors (Lipinski definition) is 6. The number of anilines is 1. The van der Waals surface area contributed by atoms with Gasteiger partial charge in [0.15, 0.2) is 5.13 Å². The lowest BCUT2D eigenvalue weighted by molar-refractivity contribution is 0.0983. The first-order valence-electron chi connectivity index (χ1n) is 9.77. The van der Waals surface area contributed by atoms with Gasteiger partial charge >= 0.3 is 0 Å². The van der Waals surface area contributed by atoms with E-state index in [9.17, 15) is 4.79 Å². The molecule has 1 heterocycles. The van der Waals surface area contributed by atoms with Crippen LogP contribution in [0.25, 0.3) is 10.2 Å². The van der Waals surface area contributed by atoms with Crippen molar-refractivity contribution in [2.24, 2.45) is 0 Å². The molecule has 0 bridgehead atoms. The number of amides is 1.